The minimum atomic E-state index is 0.204. The molecule has 3 rings (SSSR count). The lowest BCUT2D eigenvalue weighted by atomic mass is 10.1. The van der Waals surface area contributed by atoms with Gasteiger partial charge in [-0.2, -0.15) is 4.98 Å². The second-order valence-electron chi connectivity index (χ2n) is 5.25. The summed E-state index contributed by atoms with van der Waals surface area (Å²) < 4.78 is 11.8. The molecule has 0 N–H and O–H groups in total. The quantitative estimate of drug-likeness (QED) is 0.530. The molecule has 24 heavy (non-hydrogen) atoms. The monoisotopic (exact) mass is 426 g/mol. The lowest BCUT2D eigenvalue weighted by molar-refractivity contribution is 0.241. The summed E-state index contributed by atoms with van der Waals surface area (Å²) in [4.78, 5) is 4.33. The van der Waals surface area contributed by atoms with Crippen molar-refractivity contribution in [3.63, 3.8) is 0 Å². The van der Waals surface area contributed by atoms with E-state index in [1.807, 2.05) is 31.2 Å². The van der Waals surface area contributed by atoms with Gasteiger partial charge in [0.2, 0.25) is 0 Å². The van der Waals surface area contributed by atoms with E-state index in [0.717, 1.165) is 21.3 Å². The third kappa shape index (κ3) is 4.29. The molecule has 0 spiro atoms. The van der Waals surface area contributed by atoms with Crippen LogP contribution in [0.4, 0.5) is 0 Å². The van der Waals surface area contributed by atoms with Crippen molar-refractivity contribution < 1.29 is 9.26 Å². The van der Waals surface area contributed by atoms with E-state index >= 15 is 0 Å². The van der Waals surface area contributed by atoms with Crippen LogP contribution in [0.25, 0.3) is 0 Å². The molecule has 0 atom stereocenters. The third-order valence-corrected chi connectivity index (χ3v) is 4.65. The van der Waals surface area contributed by atoms with E-state index in [9.17, 15) is 0 Å². The van der Waals surface area contributed by atoms with Crippen molar-refractivity contribution in [1.29, 1.82) is 0 Å². The van der Waals surface area contributed by atoms with E-state index in [2.05, 4.69) is 26.1 Å². The van der Waals surface area contributed by atoms with Crippen molar-refractivity contribution in [2.75, 3.05) is 0 Å². The zero-order valence-corrected chi connectivity index (χ0v) is 15.8. The summed E-state index contributed by atoms with van der Waals surface area (Å²) in [7, 11) is 0. The predicted octanol–water partition coefficient (Wildman–Crippen LogP) is 5.62. The standard InChI is InChI=1S/C17H13BrCl2N2O2/c1-10-2-5-15(12(18)6-10)23-9-17-21-16(22-24-17)8-11-3-4-13(19)14(20)7-11/h2-7H,8-9H2,1H3. The van der Waals surface area contributed by atoms with Crippen LogP contribution in [0, 0.1) is 6.92 Å². The SMILES string of the molecule is Cc1ccc(OCc2nc(Cc3ccc(Cl)c(Cl)c3)no2)c(Br)c1. The molecule has 3 aromatic rings. The highest BCUT2D eigenvalue weighted by Crippen LogP contribution is 2.26. The number of rotatable bonds is 5. The van der Waals surface area contributed by atoms with Crippen LogP contribution in [0.1, 0.15) is 22.8 Å². The van der Waals surface area contributed by atoms with Gasteiger partial charge in [-0.05, 0) is 58.2 Å². The van der Waals surface area contributed by atoms with E-state index in [-0.39, 0.29) is 6.61 Å². The maximum Gasteiger partial charge on any atom is 0.264 e. The highest BCUT2D eigenvalue weighted by atomic mass is 79.9. The molecule has 0 radical (unpaired) electrons. The van der Waals surface area contributed by atoms with Gasteiger partial charge < -0.3 is 9.26 Å². The average molecular weight is 428 g/mol. The Hall–Kier alpha value is -1.56. The average Bonchev–Trinajstić information content (AvgIpc) is 2.98. The van der Waals surface area contributed by atoms with Crippen LogP contribution >= 0.6 is 39.1 Å². The first-order valence-corrected chi connectivity index (χ1v) is 8.70. The van der Waals surface area contributed by atoms with Gasteiger partial charge in [0.25, 0.3) is 5.89 Å². The van der Waals surface area contributed by atoms with Crippen molar-refractivity contribution in [3.8, 4) is 5.75 Å². The molecule has 0 aliphatic heterocycles. The first-order chi connectivity index (χ1) is 11.5. The Morgan fingerprint density at radius 1 is 1.12 bits per heavy atom. The van der Waals surface area contributed by atoms with Crippen LogP contribution in [-0.4, -0.2) is 10.1 Å². The number of aromatic nitrogens is 2. The molecule has 0 saturated carbocycles. The van der Waals surface area contributed by atoms with Crippen molar-refractivity contribution >= 4 is 39.1 Å². The van der Waals surface area contributed by atoms with Crippen LogP contribution in [0.2, 0.25) is 10.0 Å². The van der Waals surface area contributed by atoms with Crippen molar-refractivity contribution in [2.45, 2.75) is 20.0 Å². The smallest absolute Gasteiger partial charge is 0.264 e. The van der Waals surface area contributed by atoms with Gasteiger partial charge in [-0.3, -0.25) is 0 Å². The van der Waals surface area contributed by atoms with Crippen LogP contribution in [0.5, 0.6) is 5.75 Å². The number of aryl methyl sites for hydroxylation is 1. The fraction of sp³-hybridized carbons (Fsp3) is 0.176. The first kappa shape index (κ1) is 17.3. The normalized spacial score (nSPS) is 10.8. The molecule has 0 aliphatic carbocycles. The van der Waals surface area contributed by atoms with Gasteiger partial charge in [-0.1, -0.05) is 40.5 Å². The second kappa shape index (κ2) is 7.55. The van der Waals surface area contributed by atoms with E-state index in [1.165, 1.54) is 0 Å². The molecular formula is C17H13BrCl2N2O2. The molecule has 4 nitrogen and oxygen atoms in total. The van der Waals surface area contributed by atoms with Gasteiger partial charge in [0.15, 0.2) is 12.4 Å². The number of hydrogen-bond acceptors (Lipinski definition) is 4. The second-order valence-corrected chi connectivity index (χ2v) is 6.92. The minimum Gasteiger partial charge on any atom is -0.483 e. The zero-order chi connectivity index (χ0) is 17.1. The predicted molar refractivity (Wildman–Crippen MR) is 96.8 cm³/mol. The lowest BCUT2D eigenvalue weighted by Gasteiger charge is -2.06. The molecule has 0 bridgehead atoms. The molecule has 2 aromatic carbocycles. The molecule has 0 saturated heterocycles. The van der Waals surface area contributed by atoms with Crippen LogP contribution < -0.4 is 4.74 Å². The van der Waals surface area contributed by atoms with Gasteiger partial charge >= 0.3 is 0 Å². The molecule has 0 fully saturated rings. The number of ether oxygens (including phenoxy) is 1. The number of nitrogens with zero attached hydrogens (tertiary/aromatic N) is 2. The maximum atomic E-state index is 6.01. The van der Waals surface area contributed by atoms with Gasteiger partial charge in [-0.25, -0.2) is 0 Å². The third-order valence-electron chi connectivity index (χ3n) is 3.29. The fourth-order valence-corrected chi connectivity index (χ4v) is 3.04. The Kier molecular flexibility index (Phi) is 5.43. The van der Waals surface area contributed by atoms with Crippen molar-refractivity contribution in [2.24, 2.45) is 0 Å². The Labute approximate surface area is 157 Å². The highest BCUT2D eigenvalue weighted by molar-refractivity contribution is 9.10. The maximum absolute atomic E-state index is 6.01. The first-order valence-electron chi connectivity index (χ1n) is 7.15. The Bertz CT molecular complexity index is 868. The van der Waals surface area contributed by atoms with Crippen molar-refractivity contribution in [3.05, 3.63) is 73.8 Å². The summed E-state index contributed by atoms with van der Waals surface area (Å²) in [6.07, 6.45) is 0.509. The van der Waals surface area contributed by atoms with Crippen LogP contribution in [0.15, 0.2) is 45.4 Å². The molecular weight excluding hydrogens is 415 g/mol. The summed E-state index contributed by atoms with van der Waals surface area (Å²) in [6, 6.07) is 11.3. The molecule has 124 valence electrons. The van der Waals surface area contributed by atoms with Gasteiger partial charge in [0, 0.05) is 6.42 Å². The summed E-state index contributed by atoms with van der Waals surface area (Å²) >= 11 is 15.4. The fourth-order valence-electron chi connectivity index (χ4n) is 2.12. The largest absolute Gasteiger partial charge is 0.483 e. The Morgan fingerprint density at radius 3 is 2.71 bits per heavy atom. The molecule has 0 amide bonds. The zero-order valence-electron chi connectivity index (χ0n) is 12.7. The van der Waals surface area contributed by atoms with Gasteiger partial charge in [0.05, 0.1) is 14.5 Å². The Balaban J connectivity index is 1.63. The summed E-state index contributed by atoms with van der Waals surface area (Å²) in [6.45, 7) is 2.22. The van der Waals surface area contributed by atoms with Crippen LogP contribution in [-0.2, 0) is 13.0 Å². The summed E-state index contributed by atoms with van der Waals surface area (Å²) in [5, 5.41) is 4.98. The molecule has 0 unspecified atom stereocenters. The van der Waals surface area contributed by atoms with E-state index in [0.29, 0.717) is 28.2 Å². The number of halogens is 3. The lowest BCUT2D eigenvalue weighted by Crippen LogP contribution is -1.97. The number of benzene rings is 2. The number of hydrogen-bond donors (Lipinski definition) is 0. The molecule has 1 heterocycles. The topological polar surface area (TPSA) is 48.2 Å². The molecule has 1 aromatic heterocycles. The van der Waals surface area contributed by atoms with Gasteiger partial charge in [0.1, 0.15) is 5.75 Å². The van der Waals surface area contributed by atoms with E-state index in [1.54, 1.807) is 12.1 Å². The van der Waals surface area contributed by atoms with Crippen LogP contribution in [0.3, 0.4) is 0 Å². The van der Waals surface area contributed by atoms with Crippen molar-refractivity contribution in [1.82, 2.24) is 10.1 Å². The molecule has 7 heteroatoms. The van der Waals surface area contributed by atoms with E-state index < -0.39 is 0 Å². The van der Waals surface area contributed by atoms with E-state index in [4.69, 9.17) is 32.5 Å². The highest BCUT2D eigenvalue weighted by Gasteiger charge is 2.10. The minimum absolute atomic E-state index is 0.204. The summed E-state index contributed by atoms with van der Waals surface area (Å²) in [5.41, 5.74) is 2.11. The molecule has 0 aliphatic rings. The summed E-state index contributed by atoms with van der Waals surface area (Å²) in [5.74, 6) is 1.71. The van der Waals surface area contributed by atoms with Gasteiger partial charge in [-0.15, -0.1) is 0 Å². The Morgan fingerprint density at radius 2 is 1.96 bits per heavy atom.